The molecule has 1 aromatic rings. The number of pyridine rings is 1. The number of likely N-dealkylation sites (tertiary alicyclic amines) is 1. The summed E-state index contributed by atoms with van der Waals surface area (Å²) in [4.78, 5) is 16.4. The fourth-order valence-corrected chi connectivity index (χ4v) is 2.44. The SMILES string of the molecule is COc1ccncc1C#N.C[C](C)CN1CCC(NC=O)CC1. The Kier molecular flexibility index (Phi) is 8.70. The van der Waals surface area contributed by atoms with Gasteiger partial charge in [0.1, 0.15) is 17.4 Å². The van der Waals surface area contributed by atoms with Crippen molar-refractivity contribution in [1.82, 2.24) is 15.2 Å². The maximum atomic E-state index is 10.2. The quantitative estimate of drug-likeness (QED) is 0.837. The van der Waals surface area contributed by atoms with Gasteiger partial charge in [0.05, 0.1) is 7.11 Å². The zero-order chi connectivity index (χ0) is 17.1. The van der Waals surface area contributed by atoms with Crippen molar-refractivity contribution in [1.29, 1.82) is 5.26 Å². The van der Waals surface area contributed by atoms with Crippen LogP contribution in [0.2, 0.25) is 0 Å². The average molecular weight is 317 g/mol. The van der Waals surface area contributed by atoms with Crippen molar-refractivity contribution >= 4 is 6.41 Å². The molecule has 0 atom stereocenters. The molecule has 0 bridgehead atoms. The Morgan fingerprint density at radius 2 is 2.22 bits per heavy atom. The van der Waals surface area contributed by atoms with E-state index in [2.05, 4.69) is 29.0 Å². The van der Waals surface area contributed by atoms with Crippen LogP contribution in [0, 0.1) is 17.2 Å². The smallest absolute Gasteiger partial charge is 0.207 e. The summed E-state index contributed by atoms with van der Waals surface area (Å²) in [7, 11) is 1.52. The van der Waals surface area contributed by atoms with Crippen LogP contribution in [0.1, 0.15) is 32.3 Å². The molecule has 1 amide bonds. The van der Waals surface area contributed by atoms with E-state index in [1.54, 1.807) is 12.3 Å². The van der Waals surface area contributed by atoms with Crippen molar-refractivity contribution in [2.24, 2.45) is 0 Å². The molecular weight excluding hydrogens is 292 g/mol. The first-order chi connectivity index (χ1) is 11.1. The third-order valence-corrected chi connectivity index (χ3v) is 3.55. The molecule has 2 heterocycles. The number of rotatable bonds is 5. The predicted molar refractivity (Wildman–Crippen MR) is 88.8 cm³/mol. The first kappa shape index (κ1) is 18.9. The van der Waals surface area contributed by atoms with Crippen LogP contribution in [0.15, 0.2) is 18.5 Å². The molecular formula is C17H25N4O2. The molecule has 6 heteroatoms. The van der Waals surface area contributed by atoms with Gasteiger partial charge in [0.15, 0.2) is 0 Å². The lowest BCUT2D eigenvalue weighted by molar-refractivity contribution is -0.110. The summed E-state index contributed by atoms with van der Waals surface area (Å²) >= 11 is 0. The third-order valence-electron chi connectivity index (χ3n) is 3.55. The number of piperidine rings is 1. The second-order valence-corrected chi connectivity index (χ2v) is 5.73. The minimum Gasteiger partial charge on any atom is -0.495 e. The van der Waals surface area contributed by atoms with Crippen LogP contribution >= 0.6 is 0 Å². The molecule has 1 fully saturated rings. The Labute approximate surface area is 138 Å². The van der Waals surface area contributed by atoms with Crippen LogP contribution < -0.4 is 10.1 Å². The number of methoxy groups -OCH3 is 1. The average Bonchev–Trinajstić information content (AvgIpc) is 2.57. The van der Waals surface area contributed by atoms with Gasteiger partial charge >= 0.3 is 0 Å². The van der Waals surface area contributed by atoms with Crippen molar-refractivity contribution in [3.05, 3.63) is 29.9 Å². The number of hydrogen-bond donors (Lipinski definition) is 1. The van der Waals surface area contributed by atoms with Gasteiger partial charge in [0.2, 0.25) is 6.41 Å². The van der Waals surface area contributed by atoms with Crippen molar-refractivity contribution in [2.45, 2.75) is 32.7 Å². The highest BCUT2D eigenvalue weighted by atomic mass is 16.5. The summed E-state index contributed by atoms with van der Waals surface area (Å²) < 4.78 is 4.87. The molecule has 6 nitrogen and oxygen atoms in total. The van der Waals surface area contributed by atoms with E-state index in [0.29, 0.717) is 17.4 Å². The van der Waals surface area contributed by atoms with Gasteiger partial charge in [-0.15, -0.1) is 0 Å². The van der Waals surface area contributed by atoms with Crippen molar-refractivity contribution < 1.29 is 9.53 Å². The monoisotopic (exact) mass is 317 g/mol. The number of amides is 1. The molecule has 1 aliphatic rings. The Bertz CT molecular complexity index is 506. The zero-order valence-electron chi connectivity index (χ0n) is 14.1. The molecule has 1 N–H and O–H groups in total. The van der Waals surface area contributed by atoms with Crippen LogP contribution in [-0.4, -0.2) is 49.1 Å². The van der Waals surface area contributed by atoms with E-state index in [0.717, 1.165) is 38.9 Å². The third kappa shape index (κ3) is 7.11. The molecule has 0 spiro atoms. The number of ether oxygens (including phenoxy) is 1. The number of hydrogen-bond acceptors (Lipinski definition) is 5. The maximum Gasteiger partial charge on any atom is 0.207 e. The van der Waals surface area contributed by atoms with E-state index in [1.165, 1.54) is 19.2 Å². The lowest BCUT2D eigenvalue weighted by Crippen LogP contribution is -2.42. The van der Waals surface area contributed by atoms with Crippen LogP contribution in [0.3, 0.4) is 0 Å². The Balaban J connectivity index is 0.000000238. The minimum atomic E-state index is 0.408. The number of nitriles is 1. The number of nitrogens with one attached hydrogen (secondary N) is 1. The van der Waals surface area contributed by atoms with Gasteiger partial charge < -0.3 is 15.0 Å². The van der Waals surface area contributed by atoms with Gasteiger partial charge in [-0.1, -0.05) is 13.8 Å². The van der Waals surface area contributed by atoms with Crippen LogP contribution in [0.5, 0.6) is 5.75 Å². The largest absolute Gasteiger partial charge is 0.495 e. The Morgan fingerprint density at radius 3 is 2.70 bits per heavy atom. The first-order valence-electron chi connectivity index (χ1n) is 7.69. The van der Waals surface area contributed by atoms with Crippen LogP contribution in [-0.2, 0) is 4.79 Å². The van der Waals surface area contributed by atoms with Gasteiger partial charge in [-0.05, 0) is 24.8 Å². The highest BCUT2D eigenvalue weighted by Gasteiger charge is 2.18. The summed E-state index contributed by atoms with van der Waals surface area (Å²) in [6.45, 7) is 7.65. The first-order valence-corrected chi connectivity index (χ1v) is 7.69. The molecule has 0 aliphatic carbocycles. The molecule has 0 saturated carbocycles. The Morgan fingerprint density at radius 1 is 1.52 bits per heavy atom. The highest BCUT2D eigenvalue weighted by Crippen LogP contribution is 2.13. The second kappa shape index (κ2) is 10.6. The standard InChI is InChI=1S/C10H19N2O.C7H6N2O/c1-9(2)7-12-5-3-10(4-6-12)11-8-13;1-10-7-2-3-9-5-6(7)4-8/h8,10H,3-7H2,1-2H3,(H,11,13);2-3,5H,1H3. The summed E-state index contributed by atoms with van der Waals surface area (Å²) in [5.74, 6) is 2.03. The number of carbonyl (C=O) groups excluding carboxylic acids is 1. The zero-order valence-corrected chi connectivity index (χ0v) is 14.1. The van der Waals surface area contributed by atoms with Crippen molar-refractivity contribution in [3.8, 4) is 11.8 Å². The molecule has 23 heavy (non-hydrogen) atoms. The fraction of sp³-hybridized carbons (Fsp3) is 0.529. The molecule has 125 valence electrons. The van der Waals surface area contributed by atoms with Gasteiger partial charge in [-0.2, -0.15) is 5.26 Å². The fourth-order valence-electron chi connectivity index (χ4n) is 2.44. The molecule has 1 radical (unpaired) electrons. The predicted octanol–water partition coefficient (Wildman–Crippen LogP) is 1.77. The summed E-state index contributed by atoms with van der Waals surface area (Å²) in [6, 6.07) is 4.02. The molecule has 1 aromatic heterocycles. The van der Waals surface area contributed by atoms with E-state index in [9.17, 15) is 4.79 Å². The van der Waals surface area contributed by atoms with E-state index in [4.69, 9.17) is 10.00 Å². The van der Waals surface area contributed by atoms with Crippen molar-refractivity contribution in [3.63, 3.8) is 0 Å². The summed E-state index contributed by atoms with van der Waals surface area (Å²) in [5, 5.41) is 11.3. The van der Waals surface area contributed by atoms with E-state index < -0.39 is 0 Å². The lowest BCUT2D eigenvalue weighted by Gasteiger charge is -2.32. The lowest BCUT2D eigenvalue weighted by atomic mass is 10.0. The van der Waals surface area contributed by atoms with Crippen LogP contribution in [0.25, 0.3) is 0 Å². The van der Waals surface area contributed by atoms with E-state index >= 15 is 0 Å². The minimum absolute atomic E-state index is 0.408. The number of aromatic nitrogens is 1. The second-order valence-electron chi connectivity index (χ2n) is 5.73. The van der Waals surface area contributed by atoms with Gasteiger partial charge in [0, 0.05) is 38.1 Å². The van der Waals surface area contributed by atoms with E-state index in [1.807, 2.05) is 6.07 Å². The maximum absolute atomic E-state index is 10.2. The molecule has 1 saturated heterocycles. The number of nitrogens with zero attached hydrogens (tertiary/aromatic N) is 3. The number of carbonyl (C=O) groups is 1. The van der Waals surface area contributed by atoms with Gasteiger partial charge in [-0.25, -0.2) is 0 Å². The molecule has 1 aliphatic heterocycles. The molecule has 0 unspecified atom stereocenters. The van der Waals surface area contributed by atoms with Crippen molar-refractivity contribution in [2.75, 3.05) is 26.7 Å². The van der Waals surface area contributed by atoms with Crippen LogP contribution in [0.4, 0.5) is 0 Å². The topological polar surface area (TPSA) is 78.2 Å². The Hall–Kier alpha value is -2.13. The summed E-state index contributed by atoms with van der Waals surface area (Å²) in [5.41, 5.74) is 0.463. The normalized spacial score (nSPS) is 15.3. The summed E-state index contributed by atoms with van der Waals surface area (Å²) in [6.07, 6.45) is 6.05. The molecule has 0 aromatic carbocycles. The van der Waals surface area contributed by atoms with E-state index in [-0.39, 0.29) is 0 Å². The van der Waals surface area contributed by atoms with Gasteiger partial charge in [-0.3, -0.25) is 9.78 Å². The molecule has 2 rings (SSSR count). The van der Waals surface area contributed by atoms with Gasteiger partial charge in [0.25, 0.3) is 0 Å². The highest BCUT2D eigenvalue weighted by molar-refractivity contribution is 5.46.